The number of nitrogens with one attached hydrogen (secondary N) is 4. The summed E-state index contributed by atoms with van der Waals surface area (Å²) < 4.78 is 59.0. The zero-order valence-corrected chi connectivity index (χ0v) is 40.9. The first-order valence-electron chi connectivity index (χ1n) is 23.7. The number of benzene rings is 4. The highest BCUT2D eigenvalue weighted by Gasteiger charge is 2.56. The molecule has 10 atom stereocenters. The van der Waals surface area contributed by atoms with Gasteiger partial charge in [-0.3, -0.25) is 14.4 Å². The summed E-state index contributed by atoms with van der Waals surface area (Å²) in [6.07, 6.45) is -15.2. The molecular weight excluding hydrogens is 969 g/mol. The molecule has 2 fully saturated rings. The Labute approximate surface area is 426 Å². The van der Waals surface area contributed by atoms with E-state index in [9.17, 15) is 38.7 Å². The third kappa shape index (κ3) is 17.5. The normalized spacial score (nSPS) is 23.1. The number of esters is 3. The van der Waals surface area contributed by atoms with Crippen molar-refractivity contribution in [1.29, 1.82) is 0 Å². The molecule has 396 valence electrons. The van der Waals surface area contributed by atoms with Crippen LogP contribution in [0.5, 0.6) is 0 Å². The molecule has 0 unspecified atom stereocenters. The second-order valence-electron chi connectivity index (χ2n) is 17.0. The SMILES string of the molecule is CC(=O)O[C@@H]1[C@@H](NC(=O)OCc2ccccc2)[C@@H](O[C@H]2[C@H](OCCO)[C@@H](OC(C)=O)[C@H](NC(=O)OCc3ccccc3)C[C@@H]2NC(=O)OCc2ccccc2)O[C@H](CNC(=O)OCc2ccccc2)[C@H]1OC(C)=O. The van der Waals surface area contributed by atoms with Gasteiger partial charge in [-0.15, -0.1) is 0 Å². The van der Waals surface area contributed by atoms with Gasteiger partial charge in [0.05, 0.1) is 31.8 Å². The van der Waals surface area contributed by atoms with E-state index in [1.807, 2.05) is 0 Å². The van der Waals surface area contributed by atoms with Crippen LogP contribution in [0.3, 0.4) is 0 Å². The molecule has 0 spiro atoms. The standard InChI is InChI=1S/C52H60N4O18/c1-32(58)70-43-39(54-50(62)67-29-36-18-10-5-11-19-36)26-40(55-51(63)68-30-37-20-12-6-13-21-37)44(47(43)65-25-24-57)74-48-42(56-52(64)69-31-38-22-14-7-15-23-38)46(72-34(3)60)45(71-33(2)59)41(73-48)27-53-49(61)66-28-35-16-8-4-9-17-35/h4-23,39-48,57H,24-31H2,1-3H3,(H,53,61)(H,54,62)(H,55,63)(H,56,64)/t39-,40+,41-,42-,43+,44-,45-,46-,47-,48-/m1/s1. The van der Waals surface area contributed by atoms with Gasteiger partial charge in [0.2, 0.25) is 0 Å². The van der Waals surface area contributed by atoms with Crippen molar-refractivity contribution in [2.45, 2.75) is 115 Å². The van der Waals surface area contributed by atoms with Gasteiger partial charge in [0.15, 0.2) is 24.6 Å². The number of ether oxygens (including phenoxy) is 10. The van der Waals surface area contributed by atoms with Gasteiger partial charge < -0.3 is 73.7 Å². The summed E-state index contributed by atoms with van der Waals surface area (Å²) >= 11 is 0. The predicted octanol–water partition coefficient (Wildman–Crippen LogP) is 4.48. The molecule has 5 N–H and O–H groups in total. The van der Waals surface area contributed by atoms with E-state index < -0.39 is 123 Å². The summed E-state index contributed by atoms with van der Waals surface area (Å²) in [5.74, 6) is -2.61. The first-order valence-corrected chi connectivity index (χ1v) is 23.7. The zero-order chi connectivity index (χ0) is 52.8. The number of hydrogen-bond donors (Lipinski definition) is 5. The quantitative estimate of drug-likeness (QED) is 0.0568. The Morgan fingerprint density at radius 3 is 1.32 bits per heavy atom. The monoisotopic (exact) mass is 1030 g/mol. The smallest absolute Gasteiger partial charge is 0.407 e. The molecule has 4 aromatic carbocycles. The van der Waals surface area contributed by atoms with Gasteiger partial charge in [0.1, 0.15) is 50.8 Å². The van der Waals surface area contributed by atoms with Gasteiger partial charge in [-0.1, -0.05) is 121 Å². The van der Waals surface area contributed by atoms with Gasteiger partial charge in [0.25, 0.3) is 0 Å². The van der Waals surface area contributed by atoms with E-state index in [-0.39, 0.29) is 32.8 Å². The lowest BCUT2D eigenvalue weighted by atomic mass is 9.83. The number of carbonyl (C=O) groups excluding carboxylic acids is 7. The number of hydrogen-bond acceptors (Lipinski definition) is 18. The molecule has 74 heavy (non-hydrogen) atoms. The summed E-state index contributed by atoms with van der Waals surface area (Å²) in [5.41, 5.74) is 2.60. The van der Waals surface area contributed by atoms with Crippen LogP contribution in [-0.4, -0.2) is 128 Å². The molecule has 1 saturated heterocycles. The van der Waals surface area contributed by atoms with Crippen LogP contribution in [0.1, 0.15) is 49.4 Å². The molecule has 2 aliphatic rings. The number of aliphatic hydroxyl groups excluding tert-OH is 1. The minimum Gasteiger partial charge on any atom is -0.457 e. The van der Waals surface area contributed by atoms with Crippen LogP contribution in [0.4, 0.5) is 19.2 Å². The number of aliphatic hydroxyl groups is 1. The molecular formula is C52H60N4O18. The molecule has 1 heterocycles. The fourth-order valence-electron chi connectivity index (χ4n) is 8.21. The van der Waals surface area contributed by atoms with Crippen molar-refractivity contribution < 1.29 is 86.0 Å². The van der Waals surface area contributed by atoms with Crippen molar-refractivity contribution in [3.63, 3.8) is 0 Å². The second kappa shape index (κ2) is 28.5. The molecule has 0 radical (unpaired) electrons. The highest BCUT2D eigenvalue weighted by molar-refractivity contribution is 5.71. The van der Waals surface area contributed by atoms with Crippen LogP contribution in [0.15, 0.2) is 121 Å². The summed E-state index contributed by atoms with van der Waals surface area (Å²) in [6, 6.07) is 30.9. The van der Waals surface area contributed by atoms with E-state index >= 15 is 0 Å². The van der Waals surface area contributed by atoms with Gasteiger partial charge in [-0.2, -0.15) is 0 Å². The van der Waals surface area contributed by atoms with Crippen LogP contribution in [0, 0.1) is 0 Å². The van der Waals surface area contributed by atoms with E-state index in [1.165, 1.54) is 0 Å². The molecule has 1 aliphatic carbocycles. The largest absolute Gasteiger partial charge is 0.457 e. The maximum atomic E-state index is 13.8. The van der Waals surface area contributed by atoms with Crippen LogP contribution in [-0.2, 0) is 88.2 Å². The van der Waals surface area contributed by atoms with E-state index in [0.717, 1.165) is 20.8 Å². The van der Waals surface area contributed by atoms with Gasteiger partial charge in [0, 0.05) is 20.8 Å². The van der Waals surface area contributed by atoms with E-state index in [4.69, 9.17) is 47.4 Å². The number of amides is 4. The van der Waals surface area contributed by atoms with E-state index in [2.05, 4.69) is 21.3 Å². The molecule has 22 heteroatoms. The van der Waals surface area contributed by atoms with Crippen molar-refractivity contribution in [2.24, 2.45) is 0 Å². The van der Waals surface area contributed by atoms with Gasteiger partial charge in [-0.05, 0) is 28.7 Å². The van der Waals surface area contributed by atoms with E-state index in [1.54, 1.807) is 121 Å². The Morgan fingerprint density at radius 2 is 0.892 bits per heavy atom. The average Bonchev–Trinajstić information content (AvgIpc) is 3.39. The van der Waals surface area contributed by atoms with Crippen LogP contribution >= 0.6 is 0 Å². The van der Waals surface area contributed by atoms with Gasteiger partial charge in [-0.25, -0.2) is 19.2 Å². The fraction of sp³-hybridized carbons (Fsp3) is 0.404. The minimum absolute atomic E-state index is 0.117. The Morgan fingerprint density at radius 1 is 0.500 bits per heavy atom. The van der Waals surface area contributed by atoms with Crippen molar-refractivity contribution in [3.05, 3.63) is 144 Å². The van der Waals surface area contributed by atoms with Crippen molar-refractivity contribution in [2.75, 3.05) is 19.8 Å². The molecule has 1 aliphatic heterocycles. The van der Waals surface area contributed by atoms with Crippen LogP contribution < -0.4 is 21.3 Å². The third-order valence-electron chi connectivity index (χ3n) is 11.4. The highest BCUT2D eigenvalue weighted by Crippen LogP contribution is 2.34. The van der Waals surface area contributed by atoms with Gasteiger partial charge >= 0.3 is 42.3 Å². The first-order chi connectivity index (χ1) is 35.8. The molecule has 0 bridgehead atoms. The lowest BCUT2D eigenvalue weighted by molar-refractivity contribution is -0.300. The maximum Gasteiger partial charge on any atom is 0.407 e. The number of alkyl carbamates (subject to hydrolysis) is 4. The Kier molecular flexibility index (Phi) is 21.3. The van der Waals surface area contributed by atoms with Crippen LogP contribution in [0.2, 0.25) is 0 Å². The fourth-order valence-corrected chi connectivity index (χ4v) is 8.21. The second-order valence-corrected chi connectivity index (χ2v) is 17.0. The Bertz CT molecular complexity index is 2440. The molecule has 22 nitrogen and oxygen atoms in total. The van der Waals surface area contributed by atoms with Crippen molar-refractivity contribution in [1.82, 2.24) is 21.3 Å². The van der Waals surface area contributed by atoms with Crippen LogP contribution in [0.25, 0.3) is 0 Å². The molecule has 4 aromatic rings. The lowest BCUT2D eigenvalue weighted by Gasteiger charge is -2.50. The Balaban J connectivity index is 1.38. The predicted molar refractivity (Wildman–Crippen MR) is 257 cm³/mol. The number of rotatable bonds is 21. The maximum absolute atomic E-state index is 13.8. The third-order valence-corrected chi connectivity index (χ3v) is 11.4. The average molecular weight is 1030 g/mol. The summed E-state index contributed by atoms with van der Waals surface area (Å²) in [5, 5.41) is 20.8. The summed E-state index contributed by atoms with van der Waals surface area (Å²) in [6.45, 7) is 1.13. The first kappa shape index (κ1) is 55.5. The molecule has 0 aromatic heterocycles. The number of carbonyl (C=O) groups is 7. The molecule has 1 saturated carbocycles. The minimum atomic E-state index is -1.82. The molecule has 4 amide bonds. The molecule has 6 rings (SSSR count). The zero-order valence-electron chi connectivity index (χ0n) is 40.9. The lowest BCUT2D eigenvalue weighted by Crippen LogP contribution is -2.71. The highest BCUT2D eigenvalue weighted by atomic mass is 16.7. The Hall–Kier alpha value is -7.79. The summed E-state index contributed by atoms with van der Waals surface area (Å²) in [7, 11) is 0. The van der Waals surface area contributed by atoms with Crippen molar-refractivity contribution >= 4 is 42.3 Å². The topological polar surface area (TPSA) is 280 Å². The van der Waals surface area contributed by atoms with Crippen molar-refractivity contribution in [3.8, 4) is 0 Å². The van der Waals surface area contributed by atoms with E-state index in [0.29, 0.717) is 22.3 Å². The summed E-state index contributed by atoms with van der Waals surface area (Å²) in [4.78, 5) is 93.1.